The summed E-state index contributed by atoms with van der Waals surface area (Å²) in [5.41, 5.74) is 1.17. The Bertz CT molecular complexity index is 610. The zero-order valence-electron chi connectivity index (χ0n) is 12.1. The SMILES string of the molecule is CCn1cc(C(=O)NCC(O)c2cccc(OC)c2)cn1. The van der Waals surface area contributed by atoms with Gasteiger partial charge in [-0.1, -0.05) is 12.1 Å². The normalized spacial score (nSPS) is 12.0. The predicted octanol–water partition coefficient (Wildman–Crippen LogP) is 1.38. The highest BCUT2D eigenvalue weighted by molar-refractivity contribution is 5.93. The number of carbonyl (C=O) groups is 1. The molecule has 1 unspecified atom stereocenters. The number of aliphatic hydroxyl groups is 1. The lowest BCUT2D eigenvalue weighted by molar-refractivity contribution is 0.0916. The number of hydrogen-bond donors (Lipinski definition) is 2. The van der Waals surface area contributed by atoms with Crippen LogP contribution >= 0.6 is 0 Å². The molecule has 2 N–H and O–H groups in total. The first kappa shape index (κ1) is 15.1. The summed E-state index contributed by atoms with van der Waals surface area (Å²) >= 11 is 0. The third-order valence-corrected chi connectivity index (χ3v) is 3.15. The second-order valence-electron chi connectivity index (χ2n) is 4.59. The molecule has 0 fully saturated rings. The van der Waals surface area contributed by atoms with Crippen molar-refractivity contribution in [3.8, 4) is 5.75 Å². The summed E-state index contributed by atoms with van der Waals surface area (Å²) < 4.78 is 6.78. The van der Waals surface area contributed by atoms with E-state index < -0.39 is 6.10 Å². The molecule has 0 aliphatic heterocycles. The van der Waals surface area contributed by atoms with E-state index in [9.17, 15) is 9.90 Å². The van der Waals surface area contributed by atoms with Crippen molar-refractivity contribution >= 4 is 5.91 Å². The Hall–Kier alpha value is -2.34. The van der Waals surface area contributed by atoms with Crippen LogP contribution in [-0.4, -0.2) is 34.4 Å². The smallest absolute Gasteiger partial charge is 0.254 e. The molecule has 112 valence electrons. The largest absolute Gasteiger partial charge is 0.497 e. The lowest BCUT2D eigenvalue weighted by Gasteiger charge is -2.12. The maximum atomic E-state index is 11.9. The number of nitrogens with zero attached hydrogens (tertiary/aromatic N) is 2. The monoisotopic (exact) mass is 289 g/mol. The van der Waals surface area contributed by atoms with Gasteiger partial charge in [-0.05, 0) is 24.6 Å². The molecule has 0 spiro atoms. The molecule has 1 amide bonds. The van der Waals surface area contributed by atoms with Crippen LogP contribution in [0.15, 0.2) is 36.7 Å². The fraction of sp³-hybridized carbons (Fsp3) is 0.333. The summed E-state index contributed by atoms with van der Waals surface area (Å²) in [4.78, 5) is 11.9. The Morgan fingerprint density at radius 3 is 3.00 bits per heavy atom. The van der Waals surface area contributed by atoms with Crippen LogP contribution < -0.4 is 10.1 Å². The van der Waals surface area contributed by atoms with Crippen molar-refractivity contribution in [2.24, 2.45) is 0 Å². The van der Waals surface area contributed by atoms with Crippen LogP contribution in [0.2, 0.25) is 0 Å². The molecule has 0 aliphatic carbocycles. The number of hydrogen-bond acceptors (Lipinski definition) is 4. The van der Waals surface area contributed by atoms with Gasteiger partial charge in [0.05, 0.1) is 25.0 Å². The molecule has 1 aromatic carbocycles. The van der Waals surface area contributed by atoms with Crippen molar-refractivity contribution in [3.63, 3.8) is 0 Å². The number of amides is 1. The minimum absolute atomic E-state index is 0.128. The van der Waals surface area contributed by atoms with Crippen LogP contribution in [0.3, 0.4) is 0 Å². The van der Waals surface area contributed by atoms with E-state index in [1.807, 2.05) is 6.92 Å². The second kappa shape index (κ2) is 6.90. The highest BCUT2D eigenvalue weighted by Gasteiger charge is 2.12. The summed E-state index contributed by atoms with van der Waals surface area (Å²) in [6.07, 6.45) is 2.40. The first-order chi connectivity index (χ1) is 10.1. The summed E-state index contributed by atoms with van der Waals surface area (Å²) in [5.74, 6) is 0.416. The van der Waals surface area contributed by atoms with Gasteiger partial charge in [0.1, 0.15) is 5.75 Å². The summed E-state index contributed by atoms with van der Waals surface area (Å²) in [6, 6.07) is 7.12. The van der Waals surface area contributed by atoms with Crippen molar-refractivity contribution < 1.29 is 14.6 Å². The molecule has 0 radical (unpaired) electrons. The molecule has 6 nitrogen and oxygen atoms in total. The van der Waals surface area contributed by atoms with E-state index in [1.54, 1.807) is 42.3 Å². The number of ether oxygens (including phenoxy) is 1. The molecular weight excluding hydrogens is 270 g/mol. The molecule has 21 heavy (non-hydrogen) atoms. The quantitative estimate of drug-likeness (QED) is 0.842. The maximum absolute atomic E-state index is 11.9. The van der Waals surface area contributed by atoms with E-state index in [0.29, 0.717) is 23.4 Å². The minimum atomic E-state index is -0.787. The molecule has 1 atom stereocenters. The number of aryl methyl sites for hydroxylation is 1. The number of rotatable bonds is 6. The third-order valence-electron chi connectivity index (χ3n) is 3.15. The average Bonchev–Trinajstić information content (AvgIpc) is 3.01. The van der Waals surface area contributed by atoms with Gasteiger partial charge in [0.15, 0.2) is 0 Å². The van der Waals surface area contributed by atoms with Crippen molar-refractivity contribution in [2.75, 3.05) is 13.7 Å². The van der Waals surface area contributed by atoms with Crippen molar-refractivity contribution in [1.29, 1.82) is 0 Å². The average molecular weight is 289 g/mol. The Balaban J connectivity index is 1.93. The van der Waals surface area contributed by atoms with Crippen LogP contribution in [0.4, 0.5) is 0 Å². The van der Waals surface area contributed by atoms with Crippen molar-refractivity contribution in [2.45, 2.75) is 19.6 Å². The first-order valence-electron chi connectivity index (χ1n) is 6.76. The maximum Gasteiger partial charge on any atom is 0.254 e. The lowest BCUT2D eigenvalue weighted by Crippen LogP contribution is -2.28. The Labute approximate surface area is 123 Å². The van der Waals surface area contributed by atoms with Gasteiger partial charge in [0.25, 0.3) is 5.91 Å². The van der Waals surface area contributed by atoms with Crippen molar-refractivity contribution in [1.82, 2.24) is 15.1 Å². The zero-order valence-corrected chi connectivity index (χ0v) is 12.1. The Morgan fingerprint density at radius 1 is 1.52 bits per heavy atom. The fourth-order valence-electron chi connectivity index (χ4n) is 1.91. The molecule has 2 rings (SSSR count). The van der Waals surface area contributed by atoms with Crippen LogP contribution in [0.5, 0.6) is 5.75 Å². The number of methoxy groups -OCH3 is 1. The Kier molecular flexibility index (Phi) is 4.94. The van der Waals surface area contributed by atoms with Gasteiger partial charge >= 0.3 is 0 Å². The van der Waals surface area contributed by atoms with Gasteiger partial charge in [-0.3, -0.25) is 9.48 Å². The minimum Gasteiger partial charge on any atom is -0.497 e. The van der Waals surface area contributed by atoms with E-state index >= 15 is 0 Å². The van der Waals surface area contributed by atoms with Gasteiger partial charge in [-0.25, -0.2) is 0 Å². The van der Waals surface area contributed by atoms with E-state index in [4.69, 9.17) is 4.74 Å². The van der Waals surface area contributed by atoms with Gasteiger partial charge in [0, 0.05) is 19.3 Å². The van der Waals surface area contributed by atoms with E-state index in [-0.39, 0.29) is 12.5 Å². The van der Waals surface area contributed by atoms with Gasteiger partial charge in [-0.15, -0.1) is 0 Å². The molecule has 1 heterocycles. The summed E-state index contributed by atoms with van der Waals surface area (Å²) in [5, 5.41) is 16.8. The van der Waals surface area contributed by atoms with E-state index in [1.165, 1.54) is 6.20 Å². The van der Waals surface area contributed by atoms with Crippen molar-refractivity contribution in [3.05, 3.63) is 47.8 Å². The van der Waals surface area contributed by atoms with E-state index in [0.717, 1.165) is 0 Å². The van der Waals surface area contributed by atoms with Gasteiger partial charge in [0.2, 0.25) is 0 Å². The molecular formula is C15H19N3O3. The van der Waals surface area contributed by atoms with Crippen LogP contribution in [0.1, 0.15) is 28.9 Å². The van der Waals surface area contributed by atoms with Gasteiger partial charge < -0.3 is 15.2 Å². The van der Waals surface area contributed by atoms with Gasteiger partial charge in [-0.2, -0.15) is 5.10 Å². The number of carbonyl (C=O) groups excluding carboxylic acids is 1. The number of aliphatic hydroxyl groups excluding tert-OH is 1. The van der Waals surface area contributed by atoms with Crippen LogP contribution in [0, 0.1) is 0 Å². The highest BCUT2D eigenvalue weighted by Crippen LogP contribution is 2.18. The Morgan fingerprint density at radius 2 is 2.33 bits per heavy atom. The molecule has 0 aliphatic rings. The molecule has 0 bridgehead atoms. The van der Waals surface area contributed by atoms with Crippen LogP contribution in [0.25, 0.3) is 0 Å². The summed E-state index contributed by atoms with van der Waals surface area (Å²) in [6.45, 7) is 2.78. The molecule has 1 aromatic heterocycles. The standard InChI is InChI=1S/C15H19N3O3/c1-3-18-10-12(8-17-18)15(20)16-9-14(19)11-5-4-6-13(7-11)21-2/h4-8,10,14,19H,3,9H2,1-2H3,(H,16,20). The van der Waals surface area contributed by atoms with Crippen LogP contribution in [-0.2, 0) is 6.54 Å². The molecule has 6 heteroatoms. The third kappa shape index (κ3) is 3.82. The molecule has 0 saturated carbocycles. The molecule has 2 aromatic rings. The highest BCUT2D eigenvalue weighted by atomic mass is 16.5. The predicted molar refractivity (Wildman–Crippen MR) is 78.2 cm³/mol. The lowest BCUT2D eigenvalue weighted by atomic mass is 10.1. The fourth-order valence-corrected chi connectivity index (χ4v) is 1.91. The summed E-state index contributed by atoms with van der Waals surface area (Å²) in [7, 11) is 1.57. The topological polar surface area (TPSA) is 76.4 Å². The number of aromatic nitrogens is 2. The number of benzene rings is 1. The molecule has 0 saturated heterocycles. The first-order valence-corrected chi connectivity index (χ1v) is 6.76. The number of nitrogens with one attached hydrogen (secondary N) is 1. The second-order valence-corrected chi connectivity index (χ2v) is 4.59. The zero-order chi connectivity index (χ0) is 15.2. The van der Waals surface area contributed by atoms with E-state index in [2.05, 4.69) is 10.4 Å².